The summed E-state index contributed by atoms with van der Waals surface area (Å²) < 4.78 is 0. The molecule has 0 amide bonds. The third-order valence-electron chi connectivity index (χ3n) is 2.40. The Morgan fingerprint density at radius 2 is 1.82 bits per heavy atom. The lowest BCUT2D eigenvalue weighted by Gasteiger charge is -2.16. The average Bonchev–Trinajstić information content (AvgIpc) is 2.22. The van der Waals surface area contributed by atoms with Gasteiger partial charge in [0.15, 0.2) is 0 Å². The number of carbonyl (C=O) groups is 2. The van der Waals surface area contributed by atoms with Crippen molar-refractivity contribution in [2.24, 2.45) is 5.92 Å². The molecule has 0 heterocycles. The van der Waals surface area contributed by atoms with E-state index in [1.54, 1.807) is 0 Å². The van der Waals surface area contributed by atoms with Crippen molar-refractivity contribution in [2.75, 3.05) is 20.6 Å². The van der Waals surface area contributed by atoms with Gasteiger partial charge in [-0.1, -0.05) is 12.7 Å². The lowest BCUT2D eigenvalue weighted by Crippen LogP contribution is -2.19. The Hall–Kier alpha value is -1.62. The maximum atomic E-state index is 10.8. The van der Waals surface area contributed by atoms with Crippen molar-refractivity contribution >= 4 is 11.9 Å². The Bertz CT molecular complexity index is 344. The molecule has 0 aromatic heterocycles. The number of nitrogens with zero attached hydrogens (tertiary/aromatic N) is 1. The van der Waals surface area contributed by atoms with Crippen molar-refractivity contribution in [2.45, 2.75) is 13.3 Å². The van der Waals surface area contributed by atoms with Crippen molar-refractivity contribution in [1.29, 1.82) is 0 Å². The summed E-state index contributed by atoms with van der Waals surface area (Å²) in [6, 6.07) is 0. The van der Waals surface area contributed by atoms with E-state index in [2.05, 4.69) is 6.58 Å². The summed E-state index contributed by atoms with van der Waals surface area (Å²) in [5.74, 6) is -2.59. The van der Waals surface area contributed by atoms with E-state index < -0.39 is 17.9 Å². The fourth-order valence-corrected chi connectivity index (χ4v) is 1.29. The first-order chi connectivity index (χ1) is 7.75. The van der Waals surface area contributed by atoms with Gasteiger partial charge in [0.2, 0.25) is 0 Å². The molecular weight excluding hydrogens is 222 g/mol. The fourth-order valence-electron chi connectivity index (χ4n) is 1.29. The second kappa shape index (κ2) is 6.85. The topological polar surface area (TPSA) is 77.8 Å². The van der Waals surface area contributed by atoms with Gasteiger partial charge in [-0.2, -0.15) is 0 Å². The van der Waals surface area contributed by atoms with Crippen LogP contribution in [0.25, 0.3) is 0 Å². The highest BCUT2D eigenvalue weighted by Gasteiger charge is 2.17. The van der Waals surface area contributed by atoms with Crippen LogP contribution in [0, 0.1) is 5.92 Å². The number of rotatable bonds is 7. The van der Waals surface area contributed by atoms with Gasteiger partial charge in [0.25, 0.3) is 0 Å². The Balaban J connectivity index is 4.85. The van der Waals surface area contributed by atoms with Gasteiger partial charge in [0.05, 0.1) is 0 Å². The molecule has 2 N–H and O–H groups in total. The van der Waals surface area contributed by atoms with E-state index in [0.717, 1.165) is 0 Å². The first-order valence-corrected chi connectivity index (χ1v) is 5.24. The molecule has 0 aliphatic rings. The number of carboxylic acid groups (broad SMARTS) is 2. The SMILES string of the molecule is C=C(C(=O)O)C(C=C(C)C(=O)O)CCN(C)C. The maximum Gasteiger partial charge on any atom is 0.331 e. The smallest absolute Gasteiger partial charge is 0.331 e. The molecule has 0 bridgehead atoms. The molecule has 17 heavy (non-hydrogen) atoms. The van der Waals surface area contributed by atoms with Gasteiger partial charge >= 0.3 is 11.9 Å². The van der Waals surface area contributed by atoms with E-state index in [-0.39, 0.29) is 11.1 Å². The molecule has 0 radical (unpaired) electrons. The Morgan fingerprint density at radius 1 is 1.29 bits per heavy atom. The molecule has 0 aromatic rings. The predicted octanol–water partition coefficient (Wildman–Crippen LogP) is 1.23. The van der Waals surface area contributed by atoms with Crippen molar-refractivity contribution in [3.63, 3.8) is 0 Å². The number of hydrogen-bond acceptors (Lipinski definition) is 3. The summed E-state index contributed by atoms with van der Waals surface area (Å²) in [7, 11) is 3.74. The third-order valence-corrected chi connectivity index (χ3v) is 2.40. The second-order valence-electron chi connectivity index (χ2n) is 4.18. The number of aliphatic carboxylic acids is 2. The Kier molecular flexibility index (Phi) is 6.20. The highest BCUT2D eigenvalue weighted by molar-refractivity contribution is 5.89. The molecule has 0 rings (SSSR count). The molecule has 5 nitrogen and oxygen atoms in total. The molecule has 5 heteroatoms. The van der Waals surface area contributed by atoms with Crippen LogP contribution >= 0.6 is 0 Å². The highest BCUT2D eigenvalue weighted by Crippen LogP contribution is 2.18. The lowest BCUT2D eigenvalue weighted by molar-refractivity contribution is -0.134. The normalized spacial score (nSPS) is 13.5. The van der Waals surface area contributed by atoms with Gasteiger partial charge in [0.1, 0.15) is 0 Å². The molecule has 96 valence electrons. The molecular formula is C12H19NO4. The fraction of sp³-hybridized carbons (Fsp3) is 0.500. The van der Waals surface area contributed by atoms with Crippen LogP contribution in [0.3, 0.4) is 0 Å². The molecule has 0 aliphatic heterocycles. The summed E-state index contributed by atoms with van der Waals surface area (Å²) >= 11 is 0. The molecule has 0 aromatic carbocycles. The quantitative estimate of drug-likeness (QED) is 0.655. The van der Waals surface area contributed by atoms with E-state index in [1.165, 1.54) is 13.0 Å². The molecule has 0 spiro atoms. The van der Waals surface area contributed by atoms with Gasteiger partial charge in [-0.05, 0) is 34.0 Å². The van der Waals surface area contributed by atoms with Crippen LogP contribution < -0.4 is 0 Å². The standard InChI is InChI=1S/C12H19NO4/c1-8(11(14)15)7-10(5-6-13(3)4)9(2)12(16)17/h7,10H,2,5-6H2,1,3-4H3,(H,14,15)(H,16,17). The average molecular weight is 241 g/mol. The van der Waals surface area contributed by atoms with E-state index >= 15 is 0 Å². The summed E-state index contributed by atoms with van der Waals surface area (Å²) in [6.07, 6.45) is 1.98. The van der Waals surface area contributed by atoms with Crippen LogP contribution in [0.2, 0.25) is 0 Å². The van der Waals surface area contributed by atoms with Crippen molar-refractivity contribution in [3.8, 4) is 0 Å². The molecule has 1 atom stereocenters. The van der Waals surface area contributed by atoms with Gasteiger partial charge in [-0.3, -0.25) is 0 Å². The van der Waals surface area contributed by atoms with Crippen LogP contribution in [0.5, 0.6) is 0 Å². The van der Waals surface area contributed by atoms with Crippen LogP contribution in [-0.4, -0.2) is 47.7 Å². The van der Waals surface area contributed by atoms with Gasteiger partial charge in [-0.15, -0.1) is 0 Å². The van der Waals surface area contributed by atoms with Crippen molar-refractivity contribution in [3.05, 3.63) is 23.8 Å². The van der Waals surface area contributed by atoms with E-state index in [0.29, 0.717) is 13.0 Å². The van der Waals surface area contributed by atoms with Gasteiger partial charge in [0, 0.05) is 17.1 Å². The molecule has 0 saturated carbocycles. The predicted molar refractivity (Wildman–Crippen MR) is 64.8 cm³/mol. The zero-order valence-corrected chi connectivity index (χ0v) is 10.4. The largest absolute Gasteiger partial charge is 0.478 e. The van der Waals surface area contributed by atoms with E-state index in [4.69, 9.17) is 10.2 Å². The zero-order valence-electron chi connectivity index (χ0n) is 10.4. The summed E-state index contributed by atoms with van der Waals surface area (Å²) in [5, 5.41) is 17.7. The van der Waals surface area contributed by atoms with E-state index in [1.807, 2.05) is 19.0 Å². The van der Waals surface area contributed by atoms with Crippen LogP contribution in [0.4, 0.5) is 0 Å². The van der Waals surface area contributed by atoms with Gasteiger partial charge < -0.3 is 15.1 Å². The molecule has 0 saturated heterocycles. The lowest BCUT2D eigenvalue weighted by atomic mass is 9.94. The summed E-state index contributed by atoms with van der Waals surface area (Å²) in [5.41, 5.74) is 0.156. The minimum absolute atomic E-state index is 0.0208. The molecule has 0 fully saturated rings. The van der Waals surface area contributed by atoms with Crippen molar-refractivity contribution in [1.82, 2.24) is 4.90 Å². The Morgan fingerprint density at radius 3 is 2.18 bits per heavy atom. The Labute approximate surface area is 101 Å². The van der Waals surface area contributed by atoms with Gasteiger partial charge in [-0.25, -0.2) is 9.59 Å². The number of allylic oxidation sites excluding steroid dienone is 1. The zero-order chi connectivity index (χ0) is 13.6. The number of carboxylic acids is 2. The number of hydrogen-bond donors (Lipinski definition) is 2. The second-order valence-corrected chi connectivity index (χ2v) is 4.18. The minimum Gasteiger partial charge on any atom is -0.478 e. The minimum atomic E-state index is -1.09. The first-order valence-electron chi connectivity index (χ1n) is 5.24. The molecule has 0 aliphatic carbocycles. The van der Waals surface area contributed by atoms with E-state index in [9.17, 15) is 9.59 Å². The van der Waals surface area contributed by atoms with Crippen LogP contribution in [-0.2, 0) is 9.59 Å². The highest BCUT2D eigenvalue weighted by atomic mass is 16.4. The van der Waals surface area contributed by atoms with Crippen molar-refractivity contribution < 1.29 is 19.8 Å². The molecule has 1 unspecified atom stereocenters. The summed E-state index contributed by atoms with van der Waals surface area (Å²) in [4.78, 5) is 23.5. The monoisotopic (exact) mass is 241 g/mol. The first kappa shape index (κ1) is 15.4. The summed E-state index contributed by atoms with van der Waals surface area (Å²) in [6.45, 7) is 5.60. The maximum absolute atomic E-state index is 10.8. The van der Waals surface area contributed by atoms with Crippen LogP contribution in [0.1, 0.15) is 13.3 Å². The third kappa shape index (κ3) is 5.87. The van der Waals surface area contributed by atoms with Crippen LogP contribution in [0.15, 0.2) is 23.8 Å².